The largest absolute Gasteiger partial charge is 0.772 e. The van der Waals surface area contributed by atoms with E-state index >= 15 is 0 Å². The molecule has 1 atom stereocenters. The van der Waals surface area contributed by atoms with Gasteiger partial charge in [0.15, 0.2) is 0 Å². The average molecular weight is 416 g/mol. The quantitative estimate of drug-likeness (QED) is 0.584. The fourth-order valence-electron chi connectivity index (χ4n) is 2.81. The third kappa shape index (κ3) is 4.73. The van der Waals surface area contributed by atoms with Gasteiger partial charge < -0.3 is 10.3 Å². The summed E-state index contributed by atoms with van der Waals surface area (Å²) in [7, 11) is 0. The summed E-state index contributed by atoms with van der Waals surface area (Å²) in [5.41, 5.74) is 8.81. The highest BCUT2D eigenvalue weighted by atomic mass is 32.2. The molecule has 0 radical (unpaired) electrons. The van der Waals surface area contributed by atoms with Crippen LogP contribution in [0.5, 0.6) is 0 Å². The van der Waals surface area contributed by atoms with E-state index < -0.39 is 16.8 Å². The first kappa shape index (κ1) is 20.8. The fraction of sp³-hybridized carbons (Fsp3) is 0.211. The Morgan fingerprint density at radius 3 is 2.66 bits per heavy atom. The minimum Gasteiger partial charge on any atom is -0.772 e. The highest BCUT2D eigenvalue weighted by Crippen LogP contribution is 2.22. The maximum absolute atomic E-state index is 12.7. The van der Waals surface area contributed by atoms with Gasteiger partial charge >= 0.3 is 5.69 Å². The number of pyridine rings is 1. The minimum absolute atomic E-state index is 0.00536. The number of nitrogens with zero attached hydrogens (tertiary/aromatic N) is 4. The second-order valence-corrected chi connectivity index (χ2v) is 7.31. The molecule has 0 bridgehead atoms. The molecule has 29 heavy (non-hydrogen) atoms. The summed E-state index contributed by atoms with van der Waals surface area (Å²) in [6.45, 7) is 1.81. The molecule has 0 aliphatic carbocycles. The van der Waals surface area contributed by atoms with Crippen molar-refractivity contribution in [3.63, 3.8) is 0 Å². The summed E-state index contributed by atoms with van der Waals surface area (Å²) < 4.78 is 36.8. The lowest BCUT2D eigenvalue weighted by molar-refractivity contribution is 0.536. The molecule has 0 saturated heterocycles. The molecular formula is C19H19FN5O3S-. The molecule has 2 aromatic heterocycles. The number of hydrogen-bond donors (Lipinski definition) is 1. The Balaban J connectivity index is 1.88. The van der Waals surface area contributed by atoms with E-state index in [2.05, 4.69) is 10.1 Å². The molecule has 0 fully saturated rings. The van der Waals surface area contributed by atoms with Gasteiger partial charge in [-0.05, 0) is 29.7 Å². The van der Waals surface area contributed by atoms with Gasteiger partial charge in [-0.15, -0.1) is 0 Å². The predicted octanol–water partition coefficient (Wildman–Crippen LogP) is 1.60. The topological polar surface area (TPSA) is 119 Å². The third-order valence-corrected chi connectivity index (χ3v) is 4.95. The standard InChI is InChI=1S/C19H20FN5O3S/c1-13-6-17(16-4-2-14(3-5-16)11-29(27)28)22-9-18(13)24-12-23-25(19(24)26)10-15(7-20)8-21/h2-7,9,12H,8,10-11,21H2,1H3,(H,27,28)/p-1/b15-7+. The highest BCUT2D eigenvalue weighted by molar-refractivity contribution is 7.78. The first-order chi connectivity index (χ1) is 13.9. The van der Waals surface area contributed by atoms with Crippen molar-refractivity contribution in [2.45, 2.75) is 19.2 Å². The predicted molar refractivity (Wildman–Crippen MR) is 107 cm³/mol. The zero-order valence-electron chi connectivity index (χ0n) is 15.6. The highest BCUT2D eigenvalue weighted by Gasteiger charge is 2.12. The van der Waals surface area contributed by atoms with Crippen LogP contribution in [0.15, 0.2) is 59.6 Å². The Morgan fingerprint density at radius 2 is 2.07 bits per heavy atom. The summed E-state index contributed by atoms with van der Waals surface area (Å²) in [4.78, 5) is 17.0. The van der Waals surface area contributed by atoms with Gasteiger partial charge in [-0.1, -0.05) is 35.3 Å². The maximum atomic E-state index is 12.7. The van der Waals surface area contributed by atoms with Gasteiger partial charge in [0.1, 0.15) is 6.33 Å². The Bertz CT molecular complexity index is 1120. The van der Waals surface area contributed by atoms with Crippen molar-refractivity contribution >= 4 is 11.1 Å². The van der Waals surface area contributed by atoms with Crippen molar-refractivity contribution in [2.24, 2.45) is 5.73 Å². The summed E-state index contributed by atoms with van der Waals surface area (Å²) in [6.07, 6.45) is 3.30. The minimum atomic E-state index is -2.14. The molecule has 0 spiro atoms. The maximum Gasteiger partial charge on any atom is 0.350 e. The molecule has 10 heteroatoms. The van der Waals surface area contributed by atoms with E-state index in [-0.39, 0.29) is 24.4 Å². The van der Waals surface area contributed by atoms with Gasteiger partial charge in [0, 0.05) is 17.9 Å². The van der Waals surface area contributed by atoms with Gasteiger partial charge in [0.2, 0.25) is 0 Å². The van der Waals surface area contributed by atoms with Crippen molar-refractivity contribution in [3.05, 3.63) is 76.4 Å². The number of aryl methyl sites for hydroxylation is 1. The van der Waals surface area contributed by atoms with Crippen LogP contribution in [-0.2, 0) is 23.4 Å². The van der Waals surface area contributed by atoms with Gasteiger partial charge in [0.25, 0.3) is 0 Å². The van der Waals surface area contributed by atoms with Crippen molar-refractivity contribution in [2.75, 3.05) is 6.54 Å². The second kappa shape index (κ2) is 9.03. The number of aromatic nitrogens is 4. The van der Waals surface area contributed by atoms with E-state index in [9.17, 15) is 17.9 Å². The van der Waals surface area contributed by atoms with Crippen LogP contribution in [0.2, 0.25) is 0 Å². The van der Waals surface area contributed by atoms with Crippen LogP contribution in [0.1, 0.15) is 11.1 Å². The molecule has 3 aromatic rings. The van der Waals surface area contributed by atoms with E-state index in [0.717, 1.165) is 15.8 Å². The van der Waals surface area contributed by atoms with E-state index in [1.807, 2.05) is 13.0 Å². The number of benzene rings is 1. The van der Waals surface area contributed by atoms with Crippen LogP contribution in [0.4, 0.5) is 4.39 Å². The molecule has 3 rings (SSSR count). The molecule has 1 unspecified atom stereocenters. The van der Waals surface area contributed by atoms with Gasteiger partial charge in [0.05, 0.1) is 30.5 Å². The normalized spacial score (nSPS) is 12.9. The molecule has 2 N–H and O–H groups in total. The van der Waals surface area contributed by atoms with Gasteiger partial charge in [-0.2, -0.15) is 5.10 Å². The molecule has 152 valence electrons. The van der Waals surface area contributed by atoms with Crippen LogP contribution in [0.3, 0.4) is 0 Å². The van der Waals surface area contributed by atoms with Crippen LogP contribution in [0, 0.1) is 6.92 Å². The summed E-state index contributed by atoms with van der Waals surface area (Å²) in [6, 6.07) is 8.89. The smallest absolute Gasteiger partial charge is 0.350 e. The Morgan fingerprint density at radius 1 is 1.34 bits per heavy atom. The molecule has 0 saturated carbocycles. The van der Waals surface area contributed by atoms with Gasteiger partial charge in [-0.25, -0.2) is 18.4 Å². The van der Waals surface area contributed by atoms with Crippen molar-refractivity contribution < 1.29 is 13.2 Å². The molecular weight excluding hydrogens is 397 g/mol. The Labute approximate surface area is 168 Å². The lowest BCUT2D eigenvalue weighted by Crippen LogP contribution is -2.26. The number of halogens is 1. The zero-order chi connectivity index (χ0) is 21.0. The number of nitrogens with two attached hydrogens (primary N) is 1. The Hall–Kier alpha value is -2.95. The summed E-state index contributed by atoms with van der Waals surface area (Å²) in [5.74, 6) is -0.0396. The van der Waals surface area contributed by atoms with Gasteiger partial charge in [-0.3, -0.25) is 9.19 Å². The summed E-state index contributed by atoms with van der Waals surface area (Å²) >= 11 is -2.14. The van der Waals surface area contributed by atoms with E-state index in [4.69, 9.17) is 5.73 Å². The second-order valence-electron chi connectivity index (χ2n) is 6.41. The summed E-state index contributed by atoms with van der Waals surface area (Å²) in [5, 5.41) is 4.01. The molecule has 0 aliphatic heterocycles. The molecule has 8 nitrogen and oxygen atoms in total. The fourth-order valence-corrected chi connectivity index (χ4v) is 3.28. The van der Waals surface area contributed by atoms with Crippen LogP contribution < -0.4 is 11.4 Å². The third-order valence-electron chi connectivity index (χ3n) is 4.38. The Kier molecular flexibility index (Phi) is 6.47. The first-order valence-electron chi connectivity index (χ1n) is 8.67. The molecule has 0 amide bonds. The van der Waals surface area contributed by atoms with Crippen LogP contribution in [0.25, 0.3) is 16.9 Å². The average Bonchev–Trinajstić information content (AvgIpc) is 3.06. The molecule has 0 aliphatic rings. The lowest BCUT2D eigenvalue weighted by Gasteiger charge is -2.09. The monoisotopic (exact) mass is 416 g/mol. The van der Waals surface area contributed by atoms with E-state index in [1.54, 1.807) is 30.5 Å². The van der Waals surface area contributed by atoms with E-state index in [0.29, 0.717) is 23.3 Å². The first-order valence-corrected chi connectivity index (χ1v) is 9.92. The van der Waals surface area contributed by atoms with Crippen LogP contribution in [-0.4, -0.2) is 34.6 Å². The van der Waals surface area contributed by atoms with Crippen molar-refractivity contribution in [1.29, 1.82) is 0 Å². The zero-order valence-corrected chi connectivity index (χ0v) is 16.4. The number of rotatable bonds is 7. The van der Waals surface area contributed by atoms with E-state index in [1.165, 1.54) is 10.9 Å². The lowest BCUT2D eigenvalue weighted by atomic mass is 10.1. The molecule has 1 aromatic carbocycles. The van der Waals surface area contributed by atoms with Crippen molar-refractivity contribution in [1.82, 2.24) is 19.3 Å². The number of hydrogen-bond acceptors (Lipinski definition) is 6. The van der Waals surface area contributed by atoms with Crippen molar-refractivity contribution in [3.8, 4) is 16.9 Å². The molecule has 2 heterocycles. The SMILES string of the molecule is Cc1cc(-c2ccc(CS(=O)[O-])cc2)ncc1-n1cnn(C/C(=C/F)CN)c1=O. The van der Waals surface area contributed by atoms with Crippen LogP contribution >= 0.6 is 0 Å².